The third kappa shape index (κ3) is 6.40. The van der Waals surface area contributed by atoms with Gasteiger partial charge in [-0.3, -0.25) is 9.59 Å². The molecule has 0 spiro atoms. The Kier molecular flexibility index (Phi) is 7.79. The lowest BCUT2D eigenvalue weighted by Crippen LogP contribution is -3.14. The van der Waals surface area contributed by atoms with Crippen molar-refractivity contribution in [3.05, 3.63) is 77.9 Å². The van der Waals surface area contributed by atoms with Crippen LogP contribution in [-0.2, 0) is 9.59 Å². The fraction of sp³-hybridized carbons (Fsp3) is 0.308. The summed E-state index contributed by atoms with van der Waals surface area (Å²) in [5, 5.41) is 8.40. The molecule has 0 bridgehead atoms. The number of benzene rings is 3. The monoisotopic (exact) mass is 418 g/mol. The molecule has 3 N–H and O–H groups in total. The molecule has 0 heterocycles. The van der Waals surface area contributed by atoms with Gasteiger partial charge in [0.15, 0.2) is 13.1 Å². The Hall–Kier alpha value is -3.18. The van der Waals surface area contributed by atoms with Crippen molar-refractivity contribution in [3.63, 3.8) is 0 Å². The van der Waals surface area contributed by atoms with Gasteiger partial charge in [-0.1, -0.05) is 61.5 Å². The van der Waals surface area contributed by atoms with Crippen LogP contribution in [-0.4, -0.2) is 31.4 Å². The molecule has 5 heteroatoms. The van der Waals surface area contributed by atoms with Crippen LogP contribution in [0.2, 0.25) is 0 Å². The molecular formula is C26H32N3O2+. The molecule has 0 aromatic heterocycles. The fourth-order valence-corrected chi connectivity index (χ4v) is 3.81. The van der Waals surface area contributed by atoms with Gasteiger partial charge in [0.2, 0.25) is 0 Å². The second-order valence-electron chi connectivity index (χ2n) is 8.11. The summed E-state index contributed by atoms with van der Waals surface area (Å²) in [6.45, 7) is 7.32. The Morgan fingerprint density at radius 3 is 2.32 bits per heavy atom. The molecular weight excluding hydrogens is 386 g/mol. The summed E-state index contributed by atoms with van der Waals surface area (Å²) >= 11 is 0. The second-order valence-corrected chi connectivity index (χ2v) is 8.11. The maximum absolute atomic E-state index is 12.7. The minimum absolute atomic E-state index is 0.0483. The van der Waals surface area contributed by atoms with Gasteiger partial charge in [-0.05, 0) is 54.3 Å². The van der Waals surface area contributed by atoms with Gasteiger partial charge in [0.05, 0.1) is 12.6 Å². The van der Waals surface area contributed by atoms with Crippen molar-refractivity contribution in [3.8, 4) is 0 Å². The number of carbonyl (C=O) groups excluding carboxylic acids is 2. The van der Waals surface area contributed by atoms with Crippen molar-refractivity contribution >= 4 is 28.3 Å². The van der Waals surface area contributed by atoms with E-state index >= 15 is 0 Å². The first-order valence-corrected chi connectivity index (χ1v) is 10.9. The maximum Gasteiger partial charge on any atom is 0.279 e. The number of amides is 2. The average Bonchev–Trinajstić information content (AvgIpc) is 2.75. The number of hydrogen-bond donors (Lipinski definition) is 3. The summed E-state index contributed by atoms with van der Waals surface area (Å²) in [7, 11) is 0. The number of quaternary nitrogens is 1. The zero-order chi connectivity index (χ0) is 22.2. The highest BCUT2D eigenvalue weighted by molar-refractivity contribution is 5.92. The predicted molar refractivity (Wildman–Crippen MR) is 126 cm³/mol. The number of fused-ring (bicyclic) bond motifs is 1. The SMILES string of the molecule is CCC[NH+](CC(=O)Nc1ccccc1C)CC(=O)N[C@@H](C)c1ccc2ccccc2c1. The molecule has 0 aliphatic rings. The maximum atomic E-state index is 12.7. The summed E-state index contributed by atoms with van der Waals surface area (Å²) in [5.41, 5.74) is 2.91. The molecule has 0 aliphatic heterocycles. The summed E-state index contributed by atoms with van der Waals surface area (Å²) in [4.78, 5) is 26.2. The number of carbonyl (C=O) groups is 2. The predicted octanol–water partition coefficient (Wildman–Crippen LogP) is 3.26. The zero-order valence-corrected chi connectivity index (χ0v) is 18.6. The molecule has 1 unspecified atom stereocenters. The summed E-state index contributed by atoms with van der Waals surface area (Å²) < 4.78 is 0. The third-order valence-electron chi connectivity index (χ3n) is 5.49. The number of para-hydroxylation sites is 1. The normalized spacial score (nSPS) is 12.9. The second kappa shape index (κ2) is 10.7. The molecule has 3 rings (SSSR count). The van der Waals surface area contributed by atoms with Crippen LogP contribution in [0, 0.1) is 6.92 Å². The van der Waals surface area contributed by atoms with E-state index in [0.717, 1.165) is 40.1 Å². The van der Waals surface area contributed by atoms with Crippen LogP contribution in [0.3, 0.4) is 0 Å². The molecule has 31 heavy (non-hydrogen) atoms. The summed E-state index contributed by atoms with van der Waals surface area (Å²) in [6.07, 6.45) is 0.903. The molecule has 0 saturated heterocycles. The van der Waals surface area contributed by atoms with E-state index in [0.29, 0.717) is 0 Å². The molecule has 3 aromatic rings. The van der Waals surface area contributed by atoms with Gasteiger partial charge in [-0.15, -0.1) is 0 Å². The molecule has 162 valence electrons. The van der Waals surface area contributed by atoms with Crippen LogP contribution in [0.1, 0.15) is 37.4 Å². The first-order chi connectivity index (χ1) is 15.0. The lowest BCUT2D eigenvalue weighted by Gasteiger charge is -2.20. The van der Waals surface area contributed by atoms with E-state index in [-0.39, 0.29) is 30.9 Å². The average molecular weight is 419 g/mol. The van der Waals surface area contributed by atoms with Crippen LogP contribution in [0.4, 0.5) is 5.69 Å². The zero-order valence-electron chi connectivity index (χ0n) is 18.6. The lowest BCUT2D eigenvalue weighted by molar-refractivity contribution is -0.883. The number of rotatable bonds is 9. The van der Waals surface area contributed by atoms with Gasteiger partial charge in [-0.2, -0.15) is 0 Å². The molecule has 2 amide bonds. The van der Waals surface area contributed by atoms with Gasteiger partial charge >= 0.3 is 0 Å². The molecule has 3 aromatic carbocycles. The highest BCUT2D eigenvalue weighted by atomic mass is 16.2. The Bertz CT molecular complexity index is 1050. The Balaban J connectivity index is 1.57. The molecule has 0 saturated carbocycles. The van der Waals surface area contributed by atoms with E-state index in [1.54, 1.807) is 0 Å². The lowest BCUT2D eigenvalue weighted by atomic mass is 10.0. The van der Waals surface area contributed by atoms with Crippen molar-refractivity contribution in [1.82, 2.24) is 5.32 Å². The van der Waals surface area contributed by atoms with E-state index in [1.807, 2.05) is 50.2 Å². The topological polar surface area (TPSA) is 62.6 Å². The quantitative estimate of drug-likeness (QED) is 0.500. The van der Waals surface area contributed by atoms with Crippen LogP contribution in [0.25, 0.3) is 10.8 Å². The number of anilines is 1. The van der Waals surface area contributed by atoms with E-state index in [2.05, 4.69) is 47.9 Å². The van der Waals surface area contributed by atoms with Crippen molar-refractivity contribution in [2.24, 2.45) is 0 Å². The van der Waals surface area contributed by atoms with E-state index in [4.69, 9.17) is 0 Å². The van der Waals surface area contributed by atoms with Crippen molar-refractivity contribution in [1.29, 1.82) is 0 Å². The molecule has 0 fully saturated rings. The van der Waals surface area contributed by atoms with Crippen LogP contribution < -0.4 is 15.5 Å². The van der Waals surface area contributed by atoms with Gasteiger partial charge in [-0.25, -0.2) is 0 Å². The van der Waals surface area contributed by atoms with Gasteiger partial charge in [0.25, 0.3) is 11.8 Å². The van der Waals surface area contributed by atoms with E-state index in [9.17, 15) is 9.59 Å². The standard InChI is InChI=1S/C26H31N3O2/c1-4-15-29(18-26(31)28-24-12-8-5-9-19(24)2)17-25(30)27-20(3)22-14-13-21-10-6-7-11-23(21)16-22/h5-14,16,20H,4,15,17-18H2,1-3H3,(H,27,30)(H,28,31)/p+1/t20-/m0/s1. The Morgan fingerprint density at radius 2 is 1.58 bits per heavy atom. The highest BCUT2D eigenvalue weighted by Gasteiger charge is 2.19. The van der Waals surface area contributed by atoms with Crippen molar-refractivity contribution < 1.29 is 14.5 Å². The number of nitrogens with one attached hydrogen (secondary N) is 3. The number of hydrogen-bond acceptors (Lipinski definition) is 2. The molecule has 0 radical (unpaired) electrons. The van der Waals surface area contributed by atoms with Gasteiger partial charge in [0.1, 0.15) is 0 Å². The van der Waals surface area contributed by atoms with E-state index in [1.165, 1.54) is 5.39 Å². The largest absolute Gasteiger partial charge is 0.345 e. The minimum Gasteiger partial charge on any atom is -0.345 e. The van der Waals surface area contributed by atoms with E-state index < -0.39 is 0 Å². The smallest absolute Gasteiger partial charge is 0.279 e. The third-order valence-corrected chi connectivity index (χ3v) is 5.49. The summed E-state index contributed by atoms with van der Waals surface area (Å²) in [6, 6.07) is 22.1. The van der Waals surface area contributed by atoms with Crippen LogP contribution in [0.15, 0.2) is 66.7 Å². The Labute approximate surface area is 184 Å². The van der Waals surface area contributed by atoms with Gasteiger partial charge < -0.3 is 15.5 Å². The molecule has 5 nitrogen and oxygen atoms in total. The summed E-state index contributed by atoms with van der Waals surface area (Å²) in [5.74, 6) is -0.124. The first-order valence-electron chi connectivity index (χ1n) is 10.9. The van der Waals surface area contributed by atoms with Crippen LogP contribution in [0.5, 0.6) is 0 Å². The number of aryl methyl sites for hydroxylation is 1. The van der Waals surface area contributed by atoms with Gasteiger partial charge in [0, 0.05) is 5.69 Å². The fourth-order valence-electron chi connectivity index (χ4n) is 3.81. The molecule has 0 aliphatic carbocycles. The minimum atomic E-state index is -0.0965. The van der Waals surface area contributed by atoms with Crippen molar-refractivity contribution in [2.45, 2.75) is 33.2 Å². The van der Waals surface area contributed by atoms with Crippen molar-refractivity contribution in [2.75, 3.05) is 25.0 Å². The first kappa shape index (κ1) is 22.5. The molecule has 2 atom stereocenters. The highest BCUT2D eigenvalue weighted by Crippen LogP contribution is 2.20. The Morgan fingerprint density at radius 1 is 0.903 bits per heavy atom. The van der Waals surface area contributed by atoms with Crippen LogP contribution >= 0.6 is 0 Å².